The lowest BCUT2D eigenvalue weighted by Gasteiger charge is -2.08. The SMILES string of the molecule is N=C(N)c1ccc(OCCCCCOc2ccc(CCN)cc2)cc1. The molecule has 2 aromatic carbocycles. The predicted molar refractivity (Wildman–Crippen MR) is 101 cm³/mol. The Bertz CT molecular complexity index is 639. The fraction of sp³-hybridized carbons (Fsp3) is 0.350. The topological polar surface area (TPSA) is 94.4 Å². The summed E-state index contributed by atoms with van der Waals surface area (Å²) < 4.78 is 11.4. The number of hydrogen-bond donors (Lipinski definition) is 3. The third kappa shape index (κ3) is 6.85. The van der Waals surface area contributed by atoms with Crippen LogP contribution in [0.4, 0.5) is 0 Å². The molecule has 0 heterocycles. The van der Waals surface area contributed by atoms with E-state index in [0.29, 0.717) is 25.3 Å². The van der Waals surface area contributed by atoms with Crippen LogP contribution in [-0.4, -0.2) is 25.6 Å². The van der Waals surface area contributed by atoms with Gasteiger partial charge < -0.3 is 20.9 Å². The lowest BCUT2D eigenvalue weighted by molar-refractivity contribution is 0.279. The minimum atomic E-state index is 0.0700. The Morgan fingerprint density at radius 2 is 1.32 bits per heavy atom. The van der Waals surface area contributed by atoms with Crippen LogP contribution in [-0.2, 0) is 6.42 Å². The zero-order valence-corrected chi connectivity index (χ0v) is 14.5. The molecule has 0 spiro atoms. The Kier molecular flexibility index (Phi) is 7.79. The molecule has 5 N–H and O–H groups in total. The second-order valence-electron chi connectivity index (χ2n) is 5.88. The summed E-state index contributed by atoms with van der Waals surface area (Å²) in [6.45, 7) is 2.06. The van der Waals surface area contributed by atoms with E-state index in [1.165, 1.54) is 5.56 Å². The average Bonchev–Trinajstić information content (AvgIpc) is 2.63. The number of hydrogen-bond acceptors (Lipinski definition) is 4. The molecule has 25 heavy (non-hydrogen) atoms. The first-order valence-corrected chi connectivity index (χ1v) is 8.68. The number of nitrogens with one attached hydrogen (secondary N) is 1. The number of amidine groups is 1. The number of rotatable bonds is 11. The van der Waals surface area contributed by atoms with E-state index in [1.54, 1.807) is 12.1 Å². The van der Waals surface area contributed by atoms with Gasteiger partial charge >= 0.3 is 0 Å². The summed E-state index contributed by atoms with van der Waals surface area (Å²) in [6, 6.07) is 15.4. The first-order chi connectivity index (χ1) is 12.2. The van der Waals surface area contributed by atoms with Crippen LogP contribution in [0.25, 0.3) is 0 Å². The van der Waals surface area contributed by atoms with Gasteiger partial charge in [-0.3, -0.25) is 5.41 Å². The van der Waals surface area contributed by atoms with Crippen molar-refractivity contribution in [2.45, 2.75) is 25.7 Å². The fourth-order valence-corrected chi connectivity index (χ4v) is 2.41. The van der Waals surface area contributed by atoms with Crippen LogP contribution in [0.5, 0.6) is 11.5 Å². The van der Waals surface area contributed by atoms with E-state index in [4.69, 9.17) is 26.4 Å². The highest BCUT2D eigenvalue weighted by molar-refractivity contribution is 5.94. The van der Waals surface area contributed by atoms with Gasteiger partial charge in [0.1, 0.15) is 17.3 Å². The van der Waals surface area contributed by atoms with E-state index in [9.17, 15) is 0 Å². The molecule has 0 aromatic heterocycles. The molecule has 0 aliphatic carbocycles. The van der Waals surface area contributed by atoms with Gasteiger partial charge in [-0.25, -0.2) is 0 Å². The van der Waals surface area contributed by atoms with Crippen molar-refractivity contribution in [3.8, 4) is 11.5 Å². The van der Waals surface area contributed by atoms with Crippen molar-refractivity contribution in [3.63, 3.8) is 0 Å². The summed E-state index contributed by atoms with van der Waals surface area (Å²) >= 11 is 0. The van der Waals surface area contributed by atoms with Crippen molar-refractivity contribution in [2.24, 2.45) is 11.5 Å². The van der Waals surface area contributed by atoms with Crippen molar-refractivity contribution in [1.82, 2.24) is 0 Å². The van der Waals surface area contributed by atoms with Gasteiger partial charge in [-0.05, 0) is 74.2 Å². The molecule has 2 aromatic rings. The maximum Gasteiger partial charge on any atom is 0.122 e. The fourth-order valence-electron chi connectivity index (χ4n) is 2.41. The van der Waals surface area contributed by atoms with Crippen LogP contribution < -0.4 is 20.9 Å². The molecule has 134 valence electrons. The van der Waals surface area contributed by atoms with Crippen molar-refractivity contribution in [2.75, 3.05) is 19.8 Å². The van der Waals surface area contributed by atoms with Crippen LogP contribution in [0.3, 0.4) is 0 Å². The first kappa shape index (κ1) is 18.8. The largest absolute Gasteiger partial charge is 0.494 e. The van der Waals surface area contributed by atoms with Gasteiger partial charge in [0.05, 0.1) is 13.2 Å². The van der Waals surface area contributed by atoms with E-state index in [1.807, 2.05) is 24.3 Å². The Morgan fingerprint density at radius 3 is 1.80 bits per heavy atom. The summed E-state index contributed by atoms with van der Waals surface area (Å²) in [6.07, 6.45) is 3.93. The smallest absolute Gasteiger partial charge is 0.122 e. The van der Waals surface area contributed by atoms with E-state index >= 15 is 0 Å². The lowest BCUT2D eigenvalue weighted by Crippen LogP contribution is -2.10. The van der Waals surface area contributed by atoms with Crippen LogP contribution in [0.15, 0.2) is 48.5 Å². The minimum Gasteiger partial charge on any atom is -0.494 e. The molecule has 5 nitrogen and oxygen atoms in total. The molecule has 0 bridgehead atoms. The summed E-state index contributed by atoms with van der Waals surface area (Å²) in [5.41, 5.74) is 12.9. The highest BCUT2D eigenvalue weighted by Gasteiger charge is 1.99. The molecule has 0 radical (unpaired) electrons. The lowest BCUT2D eigenvalue weighted by atomic mass is 10.1. The minimum absolute atomic E-state index is 0.0700. The summed E-state index contributed by atoms with van der Waals surface area (Å²) in [4.78, 5) is 0. The van der Waals surface area contributed by atoms with Gasteiger partial charge in [-0.15, -0.1) is 0 Å². The normalized spacial score (nSPS) is 10.4. The Morgan fingerprint density at radius 1 is 0.800 bits per heavy atom. The van der Waals surface area contributed by atoms with Crippen LogP contribution in [0.2, 0.25) is 0 Å². The second kappa shape index (κ2) is 10.4. The van der Waals surface area contributed by atoms with E-state index < -0.39 is 0 Å². The van der Waals surface area contributed by atoms with Crippen molar-refractivity contribution in [3.05, 3.63) is 59.7 Å². The number of benzene rings is 2. The van der Waals surface area contributed by atoms with Gasteiger partial charge in [0, 0.05) is 5.56 Å². The molecule has 0 unspecified atom stereocenters. The van der Waals surface area contributed by atoms with E-state index in [2.05, 4.69) is 12.1 Å². The quantitative estimate of drug-likeness (QED) is 0.332. The third-order valence-electron chi connectivity index (χ3n) is 3.85. The monoisotopic (exact) mass is 341 g/mol. The molecule has 0 fully saturated rings. The zero-order valence-electron chi connectivity index (χ0n) is 14.5. The molecule has 0 saturated heterocycles. The number of ether oxygens (including phenoxy) is 2. The van der Waals surface area contributed by atoms with Crippen LogP contribution in [0.1, 0.15) is 30.4 Å². The molecule has 0 aliphatic rings. The van der Waals surface area contributed by atoms with Gasteiger partial charge in [0.15, 0.2) is 0 Å². The molecule has 0 amide bonds. The van der Waals surface area contributed by atoms with E-state index in [0.717, 1.165) is 37.2 Å². The molecule has 5 heteroatoms. The Balaban J connectivity index is 1.55. The molecular weight excluding hydrogens is 314 g/mol. The highest BCUT2D eigenvalue weighted by Crippen LogP contribution is 2.14. The average molecular weight is 341 g/mol. The summed E-state index contributed by atoms with van der Waals surface area (Å²) in [5, 5.41) is 7.35. The summed E-state index contributed by atoms with van der Waals surface area (Å²) in [5.74, 6) is 1.78. The maximum absolute atomic E-state index is 7.35. The molecule has 2 rings (SSSR count). The maximum atomic E-state index is 7.35. The molecule has 0 aliphatic heterocycles. The zero-order chi connectivity index (χ0) is 17.9. The number of unbranched alkanes of at least 4 members (excludes halogenated alkanes) is 2. The first-order valence-electron chi connectivity index (χ1n) is 8.68. The summed E-state index contributed by atoms with van der Waals surface area (Å²) in [7, 11) is 0. The second-order valence-corrected chi connectivity index (χ2v) is 5.88. The Labute approximate surface area is 149 Å². The van der Waals surface area contributed by atoms with Gasteiger partial charge in [-0.1, -0.05) is 12.1 Å². The van der Waals surface area contributed by atoms with Crippen LogP contribution >= 0.6 is 0 Å². The van der Waals surface area contributed by atoms with Gasteiger partial charge in [0.2, 0.25) is 0 Å². The number of nitrogen functional groups attached to an aromatic ring is 1. The molecular formula is C20H27N3O2. The predicted octanol–water partition coefficient (Wildman–Crippen LogP) is 3.10. The highest BCUT2D eigenvalue weighted by atomic mass is 16.5. The third-order valence-corrected chi connectivity index (χ3v) is 3.85. The van der Waals surface area contributed by atoms with E-state index in [-0.39, 0.29) is 5.84 Å². The molecule has 0 saturated carbocycles. The van der Waals surface area contributed by atoms with Crippen LogP contribution in [0, 0.1) is 5.41 Å². The van der Waals surface area contributed by atoms with Crippen molar-refractivity contribution >= 4 is 5.84 Å². The standard InChI is InChI=1S/C20H27N3O2/c21-13-12-16-4-8-18(9-5-16)24-14-2-1-3-15-25-19-10-6-17(7-11-19)20(22)23/h4-11H,1-3,12-15,21H2,(H3,22,23). The van der Waals surface area contributed by atoms with Crippen molar-refractivity contribution < 1.29 is 9.47 Å². The number of nitrogens with two attached hydrogens (primary N) is 2. The van der Waals surface area contributed by atoms with Crippen molar-refractivity contribution in [1.29, 1.82) is 5.41 Å². The Hall–Kier alpha value is -2.53. The van der Waals surface area contributed by atoms with Gasteiger partial charge in [0.25, 0.3) is 0 Å². The van der Waals surface area contributed by atoms with Gasteiger partial charge in [-0.2, -0.15) is 0 Å². The molecule has 0 atom stereocenters.